The summed E-state index contributed by atoms with van der Waals surface area (Å²) in [5, 5.41) is 6.71. The van der Waals surface area contributed by atoms with E-state index in [4.69, 9.17) is 28.6 Å². The molecule has 1 aromatic carbocycles. The summed E-state index contributed by atoms with van der Waals surface area (Å²) in [5.74, 6) is -0.413. The van der Waals surface area contributed by atoms with E-state index in [0.717, 1.165) is 45.8 Å². The van der Waals surface area contributed by atoms with Gasteiger partial charge in [0.1, 0.15) is 18.9 Å². The lowest BCUT2D eigenvalue weighted by Crippen LogP contribution is -3.14. The van der Waals surface area contributed by atoms with Gasteiger partial charge in [0.25, 0.3) is 0 Å². The Morgan fingerprint density at radius 3 is 2.86 bits per heavy atom. The number of benzene rings is 1. The number of morpholine rings is 1. The molecule has 116 valence electrons. The van der Waals surface area contributed by atoms with Gasteiger partial charge >= 0.3 is 0 Å². The van der Waals surface area contributed by atoms with Crippen LogP contribution in [0.4, 0.5) is 10.1 Å². The van der Waals surface area contributed by atoms with E-state index >= 15 is 0 Å². The van der Waals surface area contributed by atoms with Crippen LogP contribution in [0, 0.1) is 5.82 Å². The number of ether oxygens (including phenoxy) is 1. The Morgan fingerprint density at radius 2 is 2.14 bits per heavy atom. The highest BCUT2D eigenvalue weighted by molar-refractivity contribution is 7.80. The van der Waals surface area contributed by atoms with Gasteiger partial charge in [-0.05, 0) is 30.4 Å². The lowest BCUT2D eigenvalue weighted by atomic mass is 10.3. The van der Waals surface area contributed by atoms with E-state index < -0.39 is 5.82 Å². The van der Waals surface area contributed by atoms with Crippen LogP contribution in [0.5, 0.6) is 0 Å². The molecule has 0 amide bonds. The van der Waals surface area contributed by atoms with Gasteiger partial charge in [0.05, 0.1) is 25.4 Å². The van der Waals surface area contributed by atoms with Crippen LogP contribution in [0.15, 0.2) is 18.2 Å². The number of rotatable bonds is 5. The normalized spacial score (nSPS) is 15.7. The van der Waals surface area contributed by atoms with Crippen molar-refractivity contribution in [1.82, 2.24) is 5.32 Å². The van der Waals surface area contributed by atoms with Gasteiger partial charge in [-0.2, -0.15) is 0 Å². The number of nitrogens with one attached hydrogen (secondary N) is 3. The molecule has 3 N–H and O–H groups in total. The zero-order valence-corrected chi connectivity index (χ0v) is 13.3. The second kappa shape index (κ2) is 8.48. The predicted molar refractivity (Wildman–Crippen MR) is 86.6 cm³/mol. The minimum Gasteiger partial charge on any atom is -0.370 e. The maximum atomic E-state index is 13.6. The summed E-state index contributed by atoms with van der Waals surface area (Å²) < 4.78 is 18.9. The fraction of sp³-hybridized carbons (Fsp3) is 0.500. The summed E-state index contributed by atoms with van der Waals surface area (Å²) in [6, 6.07) is 4.45. The van der Waals surface area contributed by atoms with Crippen molar-refractivity contribution in [3.8, 4) is 0 Å². The first-order valence-electron chi connectivity index (χ1n) is 7.06. The average Bonchev–Trinajstić information content (AvgIpc) is 2.48. The third-order valence-electron chi connectivity index (χ3n) is 3.37. The van der Waals surface area contributed by atoms with Gasteiger partial charge in [0.2, 0.25) is 0 Å². The second-order valence-electron chi connectivity index (χ2n) is 4.97. The molecule has 2 rings (SSSR count). The quantitative estimate of drug-likeness (QED) is 0.557. The summed E-state index contributed by atoms with van der Waals surface area (Å²) >= 11 is 10.9. The van der Waals surface area contributed by atoms with Crippen molar-refractivity contribution in [2.75, 3.05) is 44.7 Å². The fourth-order valence-electron chi connectivity index (χ4n) is 2.21. The predicted octanol–water partition coefficient (Wildman–Crippen LogP) is 1.07. The van der Waals surface area contributed by atoms with Gasteiger partial charge in [-0.3, -0.25) is 0 Å². The summed E-state index contributed by atoms with van der Waals surface area (Å²) in [4.78, 5) is 1.56. The van der Waals surface area contributed by atoms with Crippen LogP contribution < -0.4 is 15.5 Å². The maximum absolute atomic E-state index is 13.6. The molecule has 0 bridgehead atoms. The zero-order valence-electron chi connectivity index (χ0n) is 11.8. The van der Waals surface area contributed by atoms with Crippen molar-refractivity contribution in [2.45, 2.75) is 6.42 Å². The maximum Gasteiger partial charge on any atom is 0.170 e. The number of anilines is 1. The molecule has 1 aliphatic rings. The molecule has 1 heterocycles. The third-order valence-corrected chi connectivity index (χ3v) is 3.85. The number of thiocarbonyl (C=S) groups is 1. The molecule has 0 atom stereocenters. The van der Waals surface area contributed by atoms with Gasteiger partial charge < -0.3 is 20.3 Å². The molecule has 1 saturated heterocycles. The highest BCUT2D eigenvalue weighted by Gasteiger charge is 2.12. The van der Waals surface area contributed by atoms with Crippen LogP contribution in [0.1, 0.15) is 6.42 Å². The lowest BCUT2D eigenvalue weighted by molar-refractivity contribution is -0.908. The van der Waals surface area contributed by atoms with E-state index in [1.54, 1.807) is 17.0 Å². The minimum absolute atomic E-state index is 0.329. The van der Waals surface area contributed by atoms with E-state index in [-0.39, 0.29) is 0 Å². The van der Waals surface area contributed by atoms with Gasteiger partial charge in [-0.1, -0.05) is 11.6 Å². The molecule has 4 nitrogen and oxygen atoms in total. The Kier molecular flexibility index (Phi) is 6.63. The number of hydrogen-bond acceptors (Lipinski definition) is 2. The molecule has 21 heavy (non-hydrogen) atoms. The van der Waals surface area contributed by atoms with E-state index in [9.17, 15) is 4.39 Å². The van der Waals surface area contributed by atoms with Gasteiger partial charge in [0, 0.05) is 18.0 Å². The molecule has 0 aliphatic carbocycles. The lowest BCUT2D eigenvalue weighted by Gasteiger charge is -2.23. The minimum atomic E-state index is -0.413. The molecule has 0 unspecified atom stereocenters. The Balaban J connectivity index is 1.65. The van der Waals surface area contributed by atoms with Crippen LogP contribution in [0.2, 0.25) is 5.02 Å². The fourth-order valence-corrected chi connectivity index (χ4v) is 2.58. The third kappa shape index (κ3) is 5.74. The number of halogens is 2. The summed E-state index contributed by atoms with van der Waals surface area (Å²) in [6.07, 6.45) is 1.01. The molecule has 1 fully saturated rings. The van der Waals surface area contributed by atoms with Crippen LogP contribution in [0.25, 0.3) is 0 Å². The zero-order chi connectivity index (χ0) is 15.1. The average molecular weight is 333 g/mol. The molecule has 1 aromatic rings. The molecular formula is C14H20ClFN3OS+. The van der Waals surface area contributed by atoms with Gasteiger partial charge in [0.15, 0.2) is 5.11 Å². The molecule has 7 heteroatoms. The van der Waals surface area contributed by atoms with Crippen molar-refractivity contribution in [3.05, 3.63) is 29.0 Å². The molecular weight excluding hydrogens is 313 g/mol. The molecule has 0 radical (unpaired) electrons. The second-order valence-corrected chi connectivity index (χ2v) is 5.82. The highest BCUT2D eigenvalue weighted by Crippen LogP contribution is 2.18. The molecule has 0 aromatic heterocycles. The number of hydrogen-bond donors (Lipinski definition) is 3. The van der Waals surface area contributed by atoms with Crippen molar-refractivity contribution in [3.63, 3.8) is 0 Å². The van der Waals surface area contributed by atoms with Crippen molar-refractivity contribution in [1.29, 1.82) is 0 Å². The first-order valence-corrected chi connectivity index (χ1v) is 7.85. The monoisotopic (exact) mass is 332 g/mol. The Labute approximate surface area is 134 Å². The Bertz CT molecular complexity index is 483. The highest BCUT2D eigenvalue weighted by atomic mass is 35.5. The van der Waals surface area contributed by atoms with Gasteiger partial charge in [-0.15, -0.1) is 0 Å². The topological polar surface area (TPSA) is 37.7 Å². The first kappa shape index (κ1) is 16.4. The molecule has 0 spiro atoms. The van der Waals surface area contributed by atoms with Crippen molar-refractivity contribution >= 4 is 34.6 Å². The first-order chi connectivity index (χ1) is 10.1. The van der Waals surface area contributed by atoms with E-state index in [0.29, 0.717) is 15.8 Å². The van der Waals surface area contributed by atoms with Crippen molar-refractivity contribution < 1.29 is 14.0 Å². The standard InChI is InChI=1S/C14H19ClFN3OS/c15-11-2-3-13(12(16)10-11)18-14(21)17-4-1-5-19-6-8-20-9-7-19/h2-3,10H,1,4-9H2,(H2,17,18,21)/p+1. The Hall–Kier alpha value is -0.950. The summed E-state index contributed by atoms with van der Waals surface area (Å²) in [5.41, 5.74) is 0.329. The van der Waals surface area contributed by atoms with Crippen LogP contribution in [-0.2, 0) is 4.74 Å². The summed E-state index contributed by atoms with van der Waals surface area (Å²) in [6.45, 7) is 5.69. The van der Waals surface area contributed by atoms with E-state index in [1.165, 1.54) is 6.07 Å². The van der Waals surface area contributed by atoms with E-state index in [2.05, 4.69) is 10.6 Å². The van der Waals surface area contributed by atoms with E-state index in [1.807, 2.05) is 0 Å². The smallest absolute Gasteiger partial charge is 0.170 e. The van der Waals surface area contributed by atoms with Gasteiger partial charge in [-0.25, -0.2) is 4.39 Å². The largest absolute Gasteiger partial charge is 0.370 e. The number of quaternary nitrogens is 1. The Morgan fingerprint density at radius 1 is 1.38 bits per heavy atom. The SMILES string of the molecule is Fc1cc(Cl)ccc1NC(=S)NCCC[NH+]1CCOCC1. The van der Waals surface area contributed by atoms with Crippen LogP contribution in [0.3, 0.4) is 0 Å². The molecule has 0 saturated carbocycles. The summed E-state index contributed by atoms with van der Waals surface area (Å²) in [7, 11) is 0. The van der Waals surface area contributed by atoms with Crippen molar-refractivity contribution in [2.24, 2.45) is 0 Å². The molecule has 1 aliphatic heterocycles. The van der Waals surface area contributed by atoms with Crippen LogP contribution >= 0.6 is 23.8 Å². The van der Waals surface area contributed by atoms with Crippen LogP contribution in [-0.4, -0.2) is 44.5 Å².